The third-order valence-electron chi connectivity index (χ3n) is 2.83. The normalized spacial score (nSPS) is 12.0. The van der Waals surface area contributed by atoms with Gasteiger partial charge >= 0.3 is 0 Å². The van der Waals surface area contributed by atoms with Gasteiger partial charge < -0.3 is 19.5 Å². The van der Waals surface area contributed by atoms with Gasteiger partial charge in [-0.3, -0.25) is 4.79 Å². The summed E-state index contributed by atoms with van der Waals surface area (Å²) in [4.78, 5) is 13.6. The lowest BCUT2D eigenvalue weighted by atomic mass is 10.1. The van der Waals surface area contributed by atoms with E-state index < -0.39 is 6.10 Å². The van der Waals surface area contributed by atoms with Crippen molar-refractivity contribution in [2.75, 3.05) is 27.0 Å². The van der Waals surface area contributed by atoms with E-state index in [2.05, 4.69) is 0 Å². The molecule has 0 bridgehead atoms. The molecule has 5 heteroatoms. The van der Waals surface area contributed by atoms with E-state index in [1.165, 1.54) is 7.11 Å². The van der Waals surface area contributed by atoms with Crippen molar-refractivity contribution in [2.24, 2.45) is 0 Å². The highest BCUT2D eigenvalue weighted by Crippen LogP contribution is 2.21. The molecule has 0 saturated carbocycles. The summed E-state index contributed by atoms with van der Waals surface area (Å²) in [6, 6.07) is 6.83. The van der Waals surface area contributed by atoms with E-state index in [1.807, 2.05) is 13.8 Å². The number of aliphatic hydroxyl groups is 1. The summed E-state index contributed by atoms with van der Waals surface area (Å²) < 4.78 is 10.1. The van der Waals surface area contributed by atoms with Crippen molar-refractivity contribution in [1.29, 1.82) is 0 Å². The average Bonchev–Trinajstić information content (AvgIpc) is 2.45. The van der Waals surface area contributed by atoms with Crippen LogP contribution in [0, 0.1) is 0 Å². The van der Waals surface area contributed by atoms with Crippen LogP contribution in [0.3, 0.4) is 0 Å². The number of benzene rings is 1. The highest BCUT2D eigenvalue weighted by Gasteiger charge is 2.22. The standard InChI is InChI=1S/C14H21NO4/c1-4-15(5-2)14(17)13(16)11-7-6-8-12(9-11)19-10-18-3/h6-9,13,16H,4-5,10H2,1-3H3. The number of hydrogen-bond donors (Lipinski definition) is 1. The second-order valence-corrected chi connectivity index (χ2v) is 4.04. The predicted molar refractivity (Wildman–Crippen MR) is 71.8 cm³/mol. The minimum atomic E-state index is -1.16. The summed E-state index contributed by atoms with van der Waals surface area (Å²) in [5.41, 5.74) is 0.519. The molecular weight excluding hydrogens is 246 g/mol. The van der Waals surface area contributed by atoms with Crippen molar-refractivity contribution in [3.05, 3.63) is 29.8 Å². The van der Waals surface area contributed by atoms with Gasteiger partial charge in [0.15, 0.2) is 12.9 Å². The number of ether oxygens (including phenoxy) is 2. The van der Waals surface area contributed by atoms with Crippen molar-refractivity contribution < 1.29 is 19.4 Å². The zero-order valence-electron chi connectivity index (χ0n) is 11.6. The number of rotatable bonds is 7. The molecule has 0 aromatic heterocycles. The molecule has 0 heterocycles. The number of amides is 1. The molecular formula is C14H21NO4. The van der Waals surface area contributed by atoms with Crippen LogP contribution in [-0.2, 0) is 9.53 Å². The molecule has 0 aliphatic heterocycles. The SMILES string of the molecule is CCN(CC)C(=O)C(O)c1cccc(OCOC)c1. The van der Waals surface area contributed by atoms with Crippen LogP contribution in [0.4, 0.5) is 0 Å². The highest BCUT2D eigenvalue weighted by atomic mass is 16.7. The van der Waals surface area contributed by atoms with Crippen LogP contribution in [0.2, 0.25) is 0 Å². The van der Waals surface area contributed by atoms with Crippen molar-refractivity contribution in [3.8, 4) is 5.75 Å². The summed E-state index contributed by atoms with van der Waals surface area (Å²) in [6.45, 7) is 5.04. The van der Waals surface area contributed by atoms with Crippen LogP contribution >= 0.6 is 0 Å². The molecule has 0 radical (unpaired) electrons. The first-order valence-electron chi connectivity index (χ1n) is 6.32. The summed E-state index contributed by atoms with van der Waals surface area (Å²) in [7, 11) is 1.53. The molecule has 1 aromatic carbocycles. The third-order valence-corrected chi connectivity index (χ3v) is 2.83. The van der Waals surface area contributed by atoms with Gasteiger partial charge in [-0.25, -0.2) is 0 Å². The summed E-state index contributed by atoms with van der Waals surface area (Å²) in [5.74, 6) is 0.264. The zero-order valence-corrected chi connectivity index (χ0v) is 11.6. The predicted octanol–water partition coefficient (Wildman–Crippen LogP) is 1.57. The van der Waals surface area contributed by atoms with E-state index in [0.29, 0.717) is 24.4 Å². The largest absolute Gasteiger partial charge is 0.468 e. The molecule has 1 unspecified atom stereocenters. The molecule has 5 nitrogen and oxygen atoms in total. The van der Waals surface area contributed by atoms with E-state index in [-0.39, 0.29) is 12.7 Å². The lowest BCUT2D eigenvalue weighted by molar-refractivity contribution is -0.140. The fourth-order valence-corrected chi connectivity index (χ4v) is 1.75. The molecule has 1 atom stereocenters. The fraction of sp³-hybridized carbons (Fsp3) is 0.500. The maximum absolute atomic E-state index is 12.0. The summed E-state index contributed by atoms with van der Waals surface area (Å²) >= 11 is 0. The highest BCUT2D eigenvalue weighted by molar-refractivity contribution is 5.82. The quantitative estimate of drug-likeness (QED) is 0.762. The molecule has 0 spiro atoms. The summed E-state index contributed by atoms with van der Waals surface area (Å²) in [5, 5.41) is 10.1. The van der Waals surface area contributed by atoms with Gasteiger partial charge in [-0.05, 0) is 31.5 Å². The van der Waals surface area contributed by atoms with E-state index in [1.54, 1.807) is 29.2 Å². The van der Waals surface area contributed by atoms with E-state index >= 15 is 0 Å². The first-order chi connectivity index (χ1) is 9.13. The first kappa shape index (κ1) is 15.5. The molecule has 19 heavy (non-hydrogen) atoms. The molecule has 0 aliphatic rings. The first-order valence-corrected chi connectivity index (χ1v) is 6.32. The molecule has 0 aliphatic carbocycles. The van der Waals surface area contributed by atoms with Crippen LogP contribution in [0.5, 0.6) is 5.75 Å². The number of carbonyl (C=O) groups is 1. The Balaban J connectivity index is 2.81. The van der Waals surface area contributed by atoms with Crippen LogP contribution in [0.15, 0.2) is 24.3 Å². The number of carbonyl (C=O) groups excluding carboxylic acids is 1. The lowest BCUT2D eigenvalue weighted by Gasteiger charge is -2.22. The van der Waals surface area contributed by atoms with Gasteiger partial charge in [-0.15, -0.1) is 0 Å². The van der Waals surface area contributed by atoms with Gasteiger partial charge in [0.2, 0.25) is 0 Å². The Kier molecular flexibility index (Phi) is 6.32. The lowest BCUT2D eigenvalue weighted by Crippen LogP contribution is -2.34. The Morgan fingerprint density at radius 3 is 2.63 bits per heavy atom. The van der Waals surface area contributed by atoms with Gasteiger partial charge in [0.1, 0.15) is 5.75 Å². The molecule has 1 N–H and O–H groups in total. The number of hydrogen-bond acceptors (Lipinski definition) is 4. The Morgan fingerprint density at radius 1 is 1.37 bits per heavy atom. The van der Waals surface area contributed by atoms with Crippen LogP contribution in [-0.4, -0.2) is 42.9 Å². The molecule has 1 rings (SSSR count). The minimum absolute atomic E-state index is 0.129. The van der Waals surface area contributed by atoms with Gasteiger partial charge in [0.05, 0.1) is 0 Å². The van der Waals surface area contributed by atoms with E-state index in [4.69, 9.17) is 9.47 Å². The van der Waals surface area contributed by atoms with Crippen molar-refractivity contribution in [1.82, 2.24) is 4.90 Å². The summed E-state index contributed by atoms with van der Waals surface area (Å²) in [6.07, 6.45) is -1.16. The number of nitrogens with zero attached hydrogens (tertiary/aromatic N) is 1. The molecule has 1 aromatic rings. The van der Waals surface area contributed by atoms with Crippen molar-refractivity contribution in [2.45, 2.75) is 20.0 Å². The monoisotopic (exact) mass is 267 g/mol. The Morgan fingerprint density at radius 2 is 2.05 bits per heavy atom. The fourth-order valence-electron chi connectivity index (χ4n) is 1.75. The second-order valence-electron chi connectivity index (χ2n) is 4.04. The topological polar surface area (TPSA) is 59.0 Å². The Labute approximate surface area is 113 Å². The number of methoxy groups -OCH3 is 1. The van der Waals surface area contributed by atoms with Crippen LogP contribution in [0.25, 0.3) is 0 Å². The average molecular weight is 267 g/mol. The number of aliphatic hydroxyl groups excluding tert-OH is 1. The number of likely N-dealkylation sites (N-methyl/N-ethyl adjacent to an activating group) is 1. The second kappa shape index (κ2) is 7.76. The molecule has 0 saturated heterocycles. The van der Waals surface area contributed by atoms with Crippen LogP contribution < -0.4 is 4.74 Å². The van der Waals surface area contributed by atoms with Crippen LogP contribution in [0.1, 0.15) is 25.5 Å². The smallest absolute Gasteiger partial charge is 0.256 e. The van der Waals surface area contributed by atoms with E-state index in [9.17, 15) is 9.90 Å². The maximum atomic E-state index is 12.0. The van der Waals surface area contributed by atoms with Crippen molar-refractivity contribution in [3.63, 3.8) is 0 Å². The van der Waals surface area contributed by atoms with Gasteiger partial charge in [0.25, 0.3) is 5.91 Å². The molecule has 0 fully saturated rings. The van der Waals surface area contributed by atoms with E-state index in [0.717, 1.165) is 0 Å². The van der Waals surface area contributed by atoms with Gasteiger partial charge in [0, 0.05) is 20.2 Å². The zero-order chi connectivity index (χ0) is 14.3. The Bertz CT molecular complexity index is 404. The Hall–Kier alpha value is -1.59. The maximum Gasteiger partial charge on any atom is 0.256 e. The molecule has 1 amide bonds. The minimum Gasteiger partial charge on any atom is -0.468 e. The third kappa shape index (κ3) is 4.22. The van der Waals surface area contributed by atoms with Gasteiger partial charge in [-0.2, -0.15) is 0 Å². The molecule has 106 valence electrons. The van der Waals surface area contributed by atoms with Gasteiger partial charge in [-0.1, -0.05) is 12.1 Å². The van der Waals surface area contributed by atoms with Crippen molar-refractivity contribution >= 4 is 5.91 Å².